The molecule has 11 aromatic carbocycles. The first-order valence-corrected chi connectivity index (χ1v) is 28.5. The molecule has 6 heterocycles. The van der Waals surface area contributed by atoms with Crippen LogP contribution < -0.4 is 10.6 Å². The zero-order valence-corrected chi connectivity index (χ0v) is 44.8. The van der Waals surface area contributed by atoms with Gasteiger partial charge < -0.3 is 9.13 Å². The van der Waals surface area contributed by atoms with Gasteiger partial charge in [0.15, 0.2) is 0 Å². The third-order valence-corrected chi connectivity index (χ3v) is 17.5. The smallest absolute Gasteiger partial charge is 0.241 e. The van der Waals surface area contributed by atoms with Crippen molar-refractivity contribution in [2.24, 2.45) is 0 Å². The Morgan fingerprint density at radius 1 is 0.277 bits per heavy atom. The number of fused-ring (bicyclic) bond motifs is 15. The molecule has 1 aliphatic carbocycles. The molecule has 17 aromatic rings. The Balaban J connectivity index is 0.852. The van der Waals surface area contributed by atoms with E-state index in [-0.39, 0.29) is 5.92 Å². The molecule has 0 fully saturated rings. The normalized spacial score (nSPS) is 13.6. The van der Waals surface area contributed by atoms with Crippen molar-refractivity contribution in [1.29, 1.82) is 0 Å². The minimum Gasteiger partial charge on any atom is -0.309 e. The lowest BCUT2D eigenvalue weighted by molar-refractivity contribution is 0.823. The second-order valence-corrected chi connectivity index (χ2v) is 21.9. The monoisotopic (exact) mass is 1060 g/mol. The Labute approximate surface area is 475 Å². The number of rotatable bonds is 7. The molecule has 388 valence electrons. The first kappa shape index (κ1) is 45.7. The quantitative estimate of drug-likeness (QED) is 0.160. The summed E-state index contributed by atoms with van der Waals surface area (Å²) in [6.07, 6.45) is 5.69. The molecule has 83 heavy (non-hydrogen) atoms. The predicted octanol–water partition coefficient (Wildman–Crippen LogP) is 16.6. The topological polar surface area (TPSA) is 63.3 Å². The van der Waals surface area contributed by atoms with E-state index in [9.17, 15) is 0 Å². The lowest BCUT2D eigenvalue weighted by Crippen LogP contribution is -2.33. The van der Waals surface area contributed by atoms with E-state index in [4.69, 9.17) is 15.0 Å². The molecule has 8 nitrogen and oxygen atoms in total. The van der Waals surface area contributed by atoms with E-state index in [1.807, 2.05) is 0 Å². The maximum atomic E-state index is 5.61. The molecule has 1 unspecified atom stereocenters. The van der Waals surface area contributed by atoms with Crippen LogP contribution in [0, 0.1) is 0 Å². The fourth-order valence-electron chi connectivity index (χ4n) is 13.8. The van der Waals surface area contributed by atoms with Crippen LogP contribution in [0.2, 0.25) is 0 Å². The minimum absolute atomic E-state index is 0.114. The van der Waals surface area contributed by atoms with E-state index >= 15 is 0 Å². The number of benzene rings is 11. The SMILES string of the molecule is C1=c2c(n(-c3nc(-n4c5ccccc5c5ccccc54)nc(-n4c5ccccc5c5ccccc54)n3)c3ccc(-c4ccc(-n5c6ccccc6c6ccccc65)cc4)cc23)=CCC1c1ccc(-n2c3ccccc3c3ccccc32)cc1. The van der Waals surface area contributed by atoms with Crippen LogP contribution in [0.15, 0.2) is 261 Å². The Kier molecular flexibility index (Phi) is 9.76. The molecule has 0 N–H and O–H groups in total. The Morgan fingerprint density at radius 2 is 0.590 bits per heavy atom. The predicted molar refractivity (Wildman–Crippen MR) is 341 cm³/mol. The fourth-order valence-corrected chi connectivity index (χ4v) is 13.8. The van der Waals surface area contributed by atoms with Crippen LogP contribution in [-0.2, 0) is 0 Å². The first-order chi connectivity index (χ1) is 41.2. The van der Waals surface area contributed by atoms with Gasteiger partial charge in [-0.25, -0.2) is 0 Å². The summed E-state index contributed by atoms with van der Waals surface area (Å²) in [7, 11) is 0. The van der Waals surface area contributed by atoms with Gasteiger partial charge in [-0.15, -0.1) is 0 Å². The molecule has 8 heteroatoms. The lowest BCUT2D eigenvalue weighted by atomic mass is 9.91. The summed E-state index contributed by atoms with van der Waals surface area (Å²) in [5, 5.41) is 12.9. The van der Waals surface area contributed by atoms with Crippen molar-refractivity contribution < 1.29 is 0 Å². The van der Waals surface area contributed by atoms with Crippen molar-refractivity contribution in [2.75, 3.05) is 0 Å². The van der Waals surface area contributed by atoms with Gasteiger partial charge in [0.1, 0.15) is 0 Å². The van der Waals surface area contributed by atoms with Crippen molar-refractivity contribution in [3.63, 3.8) is 0 Å². The molecular weight excluding hydrogens is 1010 g/mol. The first-order valence-electron chi connectivity index (χ1n) is 28.5. The molecule has 0 radical (unpaired) electrons. The second kappa shape index (κ2) is 17.7. The van der Waals surface area contributed by atoms with E-state index in [0.29, 0.717) is 17.8 Å². The lowest BCUT2D eigenvalue weighted by Gasteiger charge is -2.16. The Bertz CT molecular complexity index is 5330. The summed E-state index contributed by atoms with van der Waals surface area (Å²) < 4.78 is 11.5. The number of aromatic nitrogens is 8. The Hall–Kier alpha value is -11.1. The van der Waals surface area contributed by atoms with Crippen molar-refractivity contribution in [3.8, 4) is 40.3 Å². The van der Waals surface area contributed by atoms with Gasteiger partial charge in [-0.05, 0) is 108 Å². The summed E-state index contributed by atoms with van der Waals surface area (Å²) in [4.78, 5) is 16.7. The van der Waals surface area contributed by atoms with E-state index < -0.39 is 0 Å². The van der Waals surface area contributed by atoms with Crippen molar-refractivity contribution in [2.45, 2.75) is 12.3 Å². The van der Waals surface area contributed by atoms with Gasteiger partial charge in [0.25, 0.3) is 0 Å². The van der Waals surface area contributed by atoms with Crippen LogP contribution >= 0.6 is 0 Å². The zero-order chi connectivity index (χ0) is 54.3. The number of hydrogen-bond donors (Lipinski definition) is 0. The molecule has 0 bridgehead atoms. The van der Waals surface area contributed by atoms with Gasteiger partial charge >= 0.3 is 0 Å². The molecule has 1 aliphatic rings. The molecular formula is C75H48N8. The highest BCUT2D eigenvalue weighted by atomic mass is 15.3. The van der Waals surface area contributed by atoms with Crippen LogP contribution in [0.4, 0.5) is 0 Å². The molecule has 0 amide bonds. The van der Waals surface area contributed by atoms with Crippen LogP contribution in [0.3, 0.4) is 0 Å². The average Bonchev–Trinajstić information content (AvgIpc) is 4.50. The number of hydrogen-bond acceptors (Lipinski definition) is 3. The van der Waals surface area contributed by atoms with Gasteiger partial charge in [0.2, 0.25) is 17.8 Å². The summed E-state index contributed by atoms with van der Waals surface area (Å²) in [6, 6.07) is 94.2. The maximum absolute atomic E-state index is 5.61. The van der Waals surface area contributed by atoms with Crippen LogP contribution in [0.1, 0.15) is 17.9 Å². The highest BCUT2D eigenvalue weighted by Crippen LogP contribution is 2.38. The van der Waals surface area contributed by atoms with Gasteiger partial charge in [-0.3, -0.25) is 13.7 Å². The number of para-hydroxylation sites is 8. The summed E-state index contributed by atoms with van der Waals surface area (Å²) in [5.41, 5.74) is 15.7. The largest absolute Gasteiger partial charge is 0.309 e. The molecule has 0 saturated heterocycles. The molecule has 6 aromatic heterocycles. The molecule has 0 aliphatic heterocycles. The van der Waals surface area contributed by atoms with Gasteiger partial charge in [0, 0.05) is 71.0 Å². The van der Waals surface area contributed by atoms with E-state index in [1.165, 1.54) is 49.2 Å². The Morgan fingerprint density at radius 3 is 0.976 bits per heavy atom. The van der Waals surface area contributed by atoms with Crippen molar-refractivity contribution in [1.82, 2.24) is 37.8 Å². The zero-order valence-electron chi connectivity index (χ0n) is 44.8. The molecule has 0 spiro atoms. The second-order valence-electron chi connectivity index (χ2n) is 21.9. The van der Waals surface area contributed by atoms with Crippen molar-refractivity contribution >= 4 is 110 Å². The third-order valence-electron chi connectivity index (χ3n) is 17.5. The van der Waals surface area contributed by atoms with Gasteiger partial charge in [-0.1, -0.05) is 188 Å². The summed E-state index contributed by atoms with van der Waals surface area (Å²) in [5.74, 6) is 1.74. The summed E-state index contributed by atoms with van der Waals surface area (Å²) >= 11 is 0. The standard InChI is InChI=1S/C75H48N8/c1-9-25-63-53(17-1)54-18-2-10-26-64(54)79(63)51-39-33-47(34-40-51)49-37-43-71-61(45-49)62-46-50(48-35-41-52(42-36-48)80-65-27-11-3-19-55(65)56-20-4-12-28-66(56)80)38-44-72(62)83(71)75-77-73(81-67-29-13-5-21-57(67)58-22-6-14-30-68(58)81)76-74(78-75)82-69-31-15-7-23-59(69)60-24-8-16-32-70(60)82/h1-37,39-46,50H,38H2. The highest BCUT2D eigenvalue weighted by molar-refractivity contribution is 6.12. The van der Waals surface area contributed by atoms with Crippen LogP contribution in [0.25, 0.3) is 151 Å². The third kappa shape index (κ3) is 6.78. The van der Waals surface area contributed by atoms with Crippen LogP contribution in [0.5, 0.6) is 0 Å². The molecule has 18 rings (SSSR count). The fraction of sp³-hybridized carbons (Fsp3) is 0.0267. The van der Waals surface area contributed by atoms with Crippen LogP contribution in [-0.4, -0.2) is 37.8 Å². The van der Waals surface area contributed by atoms with E-state index in [0.717, 1.165) is 94.0 Å². The maximum Gasteiger partial charge on any atom is 0.241 e. The summed E-state index contributed by atoms with van der Waals surface area (Å²) in [6.45, 7) is 0. The molecule has 1 atom stereocenters. The van der Waals surface area contributed by atoms with E-state index in [2.05, 4.69) is 296 Å². The van der Waals surface area contributed by atoms with Crippen molar-refractivity contribution in [3.05, 3.63) is 277 Å². The molecule has 0 saturated carbocycles. The van der Waals surface area contributed by atoms with Gasteiger partial charge in [0.05, 0.1) is 55.0 Å². The average molecular weight is 1060 g/mol. The van der Waals surface area contributed by atoms with E-state index in [1.54, 1.807) is 0 Å². The van der Waals surface area contributed by atoms with Gasteiger partial charge in [-0.2, -0.15) is 15.0 Å². The highest BCUT2D eigenvalue weighted by Gasteiger charge is 2.25. The number of nitrogens with zero attached hydrogens (tertiary/aromatic N) is 8. The minimum atomic E-state index is 0.114.